The Morgan fingerprint density at radius 3 is 2.78 bits per heavy atom. The van der Waals surface area contributed by atoms with Gasteiger partial charge >= 0.3 is 0 Å². The Kier molecular flexibility index (Phi) is 5.06. The molecule has 0 aromatic carbocycles. The van der Waals surface area contributed by atoms with E-state index in [1.807, 2.05) is 18.7 Å². The Balaban J connectivity index is 1.63. The first-order valence-electron chi connectivity index (χ1n) is 7.90. The number of fused-ring (bicyclic) bond motifs is 1. The van der Waals surface area contributed by atoms with E-state index in [-0.39, 0.29) is 11.5 Å². The minimum Gasteiger partial charge on any atom is -0.342 e. The number of rotatable bonds is 4. The van der Waals surface area contributed by atoms with Crippen LogP contribution in [0.15, 0.2) is 4.79 Å². The van der Waals surface area contributed by atoms with Gasteiger partial charge in [0.1, 0.15) is 10.7 Å². The van der Waals surface area contributed by atoms with Crippen molar-refractivity contribution in [1.82, 2.24) is 14.9 Å². The predicted octanol–water partition coefficient (Wildman–Crippen LogP) is 2.85. The first-order valence-corrected chi connectivity index (χ1v) is 9.88. The molecule has 0 aliphatic carbocycles. The quantitative estimate of drug-likeness (QED) is 0.920. The lowest BCUT2D eigenvalue weighted by Gasteiger charge is -2.26. The number of likely N-dealkylation sites (tertiary alicyclic amines) is 1. The van der Waals surface area contributed by atoms with Crippen LogP contribution in [0.25, 0.3) is 10.2 Å². The van der Waals surface area contributed by atoms with Crippen molar-refractivity contribution in [2.75, 3.05) is 18.8 Å². The summed E-state index contributed by atoms with van der Waals surface area (Å²) in [6, 6.07) is 0. The Morgan fingerprint density at radius 2 is 2.04 bits per heavy atom. The summed E-state index contributed by atoms with van der Waals surface area (Å²) in [5.74, 6) is 1.85. The number of hydrogen-bond donors (Lipinski definition) is 1. The highest BCUT2D eigenvalue weighted by molar-refractivity contribution is 7.99. The largest absolute Gasteiger partial charge is 0.342 e. The first-order chi connectivity index (χ1) is 11.1. The number of H-pyrrole nitrogens is 1. The van der Waals surface area contributed by atoms with Crippen molar-refractivity contribution in [2.45, 2.75) is 38.9 Å². The van der Waals surface area contributed by atoms with Crippen LogP contribution in [0.2, 0.25) is 0 Å². The summed E-state index contributed by atoms with van der Waals surface area (Å²) >= 11 is 3.07. The summed E-state index contributed by atoms with van der Waals surface area (Å²) < 4.78 is 0. The van der Waals surface area contributed by atoms with Crippen LogP contribution in [0.3, 0.4) is 0 Å². The number of aromatic amines is 1. The molecule has 0 saturated carbocycles. The van der Waals surface area contributed by atoms with Crippen molar-refractivity contribution < 1.29 is 4.79 Å². The molecule has 0 bridgehead atoms. The molecule has 0 spiro atoms. The van der Waals surface area contributed by atoms with E-state index in [0.717, 1.165) is 41.2 Å². The van der Waals surface area contributed by atoms with Gasteiger partial charge in [-0.1, -0.05) is 0 Å². The number of aryl methyl sites for hydroxylation is 2. The number of thiophene rings is 1. The summed E-state index contributed by atoms with van der Waals surface area (Å²) in [4.78, 5) is 35.6. The molecule has 3 heterocycles. The number of carbonyl (C=O) groups is 1. The molecular formula is C16H21N3O2S2. The number of aromatic nitrogens is 2. The van der Waals surface area contributed by atoms with Crippen molar-refractivity contribution in [3.63, 3.8) is 0 Å². The lowest BCUT2D eigenvalue weighted by atomic mass is 10.1. The van der Waals surface area contributed by atoms with E-state index in [1.165, 1.54) is 18.2 Å². The van der Waals surface area contributed by atoms with E-state index in [4.69, 9.17) is 0 Å². The van der Waals surface area contributed by atoms with Crippen molar-refractivity contribution in [3.05, 3.63) is 26.6 Å². The Labute approximate surface area is 143 Å². The SMILES string of the molecule is Cc1sc2nc(CSCC(=O)N3CCCCC3)[nH]c(=O)c2c1C. The third kappa shape index (κ3) is 3.61. The van der Waals surface area contributed by atoms with Crippen LogP contribution in [0.1, 0.15) is 35.5 Å². The van der Waals surface area contributed by atoms with E-state index in [9.17, 15) is 9.59 Å². The lowest BCUT2D eigenvalue weighted by molar-refractivity contribution is -0.129. The van der Waals surface area contributed by atoms with Gasteiger partial charge in [-0.3, -0.25) is 9.59 Å². The van der Waals surface area contributed by atoms with E-state index >= 15 is 0 Å². The van der Waals surface area contributed by atoms with Crippen molar-refractivity contribution in [1.29, 1.82) is 0 Å². The number of carbonyl (C=O) groups excluding carboxylic acids is 1. The van der Waals surface area contributed by atoms with Gasteiger partial charge in [0.05, 0.1) is 16.9 Å². The molecular weight excluding hydrogens is 330 g/mol. The molecule has 0 unspecified atom stereocenters. The monoisotopic (exact) mass is 351 g/mol. The van der Waals surface area contributed by atoms with Crippen molar-refractivity contribution in [3.8, 4) is 0 Å². The van der Waals surface area contributed by atoms with Gasteiger partial charge in [0.15, 0.2) is 0 Å². The van der Waals surface area contributed by atoms with Crippen LogP contribution in [0, 0.1) is 13.8 Å². The molecule has 0 radical (unpaired) electrons. The molecule has 23 heavy (non-hydrogen) atoms. The molecule has 1 amide bonds. The van der Waals surface area contributed by atoms with Crippen LogP contribution >= 0.6 is 23.1 Å². The van der Waals surface area contributed by atoms with Gasteiger partial charge in [-0.15, -0.1) is 23.1 Å². The molecule has 124 valence electrons. The second-order valence-electron chi connectivity index (χ2n) is 5.91. The number of amides is 1. The Bertz CT molecular complexity index is 775. The number of nitrogens with zero attached hydrogens (tertiary/aromatic N) is 2. The van der Waals surface area contributed by atoms with E-state index in [1.54, 1.807) is 11.3 Å². The molecule has 1 aliphatic heterocycles. The smallest absolute Gasteiger partial charge is 0.259 e. The fourth-order valence-corrected chi connectivity index (χ4v) is 4.68. The van der Waals surface area contributed by atoms with E-state index in [2.05, 4.69) is 9.97 Å². The number of thioether (sulfide) groups is 1. The first kappa shape index (κ1) is 16.5. The molecule has 2 aromatic heterocycles. The van der Waals surface area contributed by atoms with Gasteiger partial charge in [-0.05, 0) is 38.7 Å². The molecule has 3 rings (SSSR count). The lowest BCUT2D eigenvalue weighted by Crippen LogP contribution is -2.36. The van der Waals surface area contributed by atoms with Gasteiger partial charge in [-0.25, -0.2) is 4.98 Å². The normalized spacial score (nSPS) is 15.3. The second-order valence-corrected chi connectivity index (χ2v) is 8.10. The maximum atomic E-state index is 12.2. The summed E-state index contributed by atoms with van der Waals surface area (Å²) in [6.07, 6.45) is 3.44. The van der Waals surface area contributed by atoms with Crippen LogP contribution in [0.5, 0.6) is 0 Å². The molecule has 5 nitrogen and oxygen atoms in total. The van der Waals surface area contributed by atoms with Crippen LogP contribution < -0.4 is 5.56 Å². The predicted molar refractivity (Wildman–Crippen MR) is 96.3 cm³/mol. The standard InChI is InChI=1S/C16H21N3O2S2/c1-10-11(2)23-16-14(10)15(21)17-12(18-16)8-22-9-13(20)19-6-4-3-5-7-19/h3-9H2,1-2H3,(H,17,18,21). The molecule has 7 heteroatoms. The maximum absolute atomic E-state index is 12.2. The van der Waals surface area contributed by atoms with E-state index < -0.39 is 0 Å². The van der Waals surface area contributed by atoms with Crippen molar-refractivity contribution in [2.24, 2.45) is 0 Å². The summed E-state index contributed by atoms with van der Waals surface area (Å²) in [5, 5.41) is 0.700. The zero-order valence-corrected chi connectivity index (χ0v) is 15.1. The number of nitrogens with one attached hydrogen (secondary N) is 1. The minimum absolute atomic E-state index is 0.0743. The summed E-state index contributed by atoms with van der Waals surface area (Å²) in [7, 11) is 0. The zero-order chi connectivity index (χ0) is 16.4. The number of hydrogen-bond acceptors (Lipinski definition) is 5. The Morgan fingerprint density at radius 1 is 1.30 bits per heavy atom. The number of piperidine rings is 1. The van der Waals surface area contributed by atoms with Crippen LogP contribution in [0.4, 0.5) is 0 Å². The van der Waals surface area contributed by atoms with Gasteiger partial charge in [0.25, 0.3) is 5.56 Å². The van der Waals surface area contributed by atoms with Gasteiger partial charge in [0, 0.05) is 18.0 Å². The highest BCUT2D eigenvalue weighted by Crippen LogP contribution is 2.26. The highest BCUT2D eigenvalue weighted by Gasteiger charge is 2.17. The molecule has 2 aromatic rings. The van der Waals surface area contributed by atoms with Gasteiger partial charge < -0.3 is 9.88 Å². The maximum Gasteiger partial charge on any atom is 0.259 e. The second kappa shape index (κ2) is 7.05. The molecule has 0 atom stereocenters. The summed E-state index contributed by atoms with van der Waals surface area (Å²) in [6.45, 7) is 5.73. The van der Waals surface area contributed by atoms with E-state index in [0.29, 0.717) is 22.7 Å². The van der Waals surface area contributed by atoms with Crippen molar-refractivity contribution >= 4 is 39.2 Å². The molecule has 1 fully saturated rings. The third-order valence-corrected chi connectivity index (χ3v) is 6.29. The molecule has 1 saturated heterocycles. The average Bonchev–Trinajstić information content (AvgIpc) is 2.83. The Hall–Kier alpha value is -1.34. The van der Waals surface area contributed by atoms with Gasteiger partial charge in [-0.2, -0.15) is 0 Å². The summed E-state index contributed by atoms with van der Waals surface area (Å²) in [5.41, 5.74) is 0.938. The average molecular weight is 351 g/mol. The fraction of sp³-hybridized carbons (Fsp3) is 0.562. The topological polar surface area (TPSA) is 66.1 Å². The fourth-order valence-electron chi connectivity index (χ4n) is 2.84. The van der Waals surface area contributed by atoms with Gasteiger partial charge in [0.2, 0.25) is 5.91 Å². The molecule has 1 aliphatic rings. The van der Waals surface area contributed by atoms with Crippen LogP contribution in [-0.4, -0.2) is 39.6 Å². The minimum atomic E-state index is -0.0743. The highest BCUT2D eigenvalue weighted by atomic mass is 32.2. The molecule has 1 N–H and O–H groups in total. The third-order valence-electron chi connectivity index (χ3n) is 4.26. The van der Waals surface area contributed by atoms with Crippen LogP contribution in [-0.2, 0) is 10.5 Å². The zero-order valence-electron chi connectivity index (χ0n) is 13.5.